The minimum absolute atomic E-state index is 0.196. The number of amides is 1. The average Bonchev–Trinajstić information content (AvgIpc) is 3.55. The quantitative estimate of drug-likeness (QED) is 0.404. The smallest absolute Gasteiger partial charge is 0.251 e. The van der Waals surface area contributed by atoms with E-state index in [0.29, 0.717) is 30.9 Å². The molecule has 0 unspecified atom stereocenters. The summed E-state index contributed by atoms with van der Waals surface area (Å²) < 4.78 is 26.6. The Kier molecular flexibility index (Phi) is 5.91. The van der Waals surface area contributed by atoms with Gasteiger partial charge in [-0.3, -0.25) is 9.89 Å². The molecule has 0 atom stereocenters. The van der Waals surface area contributed by atoms with Gasteiger partial charge in [0.15, 0.2) is 5.65 Å². The molecule has 0 spiro atoms. The monoisotopic (exact) mass is 425 g/mol. The Balaban J connectivity index is 1.44. The van der Waals surface area contributed by atoms with E-state index in [1.807, 2.05) is 42.5 Å². The van der Waals surface area contributed by atoms with Crippen LogP contribution in [-0.4, -0.2) is 47.8 Å². The van der Waals surface area contributed by atoms with Crippen LogP contribution in [0.2, 0.25) is 0 Å². The van der Waals surface area contributed by atoms with E-state index in [1.165, 1.54) is 6.08 Å². The Morgan fingerprint density at radius 3 is 2.77 bits per heavy atom. The first-order valence-electron chi connectivity index (χ1n) is 9.87. The van der Waals surface area contributed by atoms with E-state index >= 15 is 0 Å². The van der Waals surface area contributed by atoms with Gasteiger partial charge in [0.25, 0.3) is 5.91 Å². The Labute approximate surface area is 175 Å². The summed E-state index contributed by atoms with van der Waals surface area (Å²) in [5.74, 6) is -0.196. The van der Waals surface area contributed by atoms with Gasteiger partial charge in [0.2, 0.25) is 10.0 Å². The van der Waals surface area contributed by atoms with Gasteiger partial charge in [-0.1, -0.05) is 18.2 Å². The van der Waals surface area contributed by atoms with E-state index < -0.39 is 10.0 Å². The largest absolute Gasteiger partial charge is 0.309 e. The predicted octanol–water partition coefficient (Wildman–Crippen LogP) is 2.48. The molecule has 1 saturated carbocycles. The first-order chi connectivity index (χ1) is 14.5. The predicted molar refractivity (Wildman–Crippen MR) is 116 cm³/mol. The van der Waals surface area contributed by atoms with Gasteiger partial charge in [-0.05, 0) is 49.6 Å². The van der Waals surface area contributed by atoms with Crippen LogP contribution < -0.4 is 9.62 Å². The van der Waals surface area contributed by atoms with Gasteiger partial charge < -0.3 is 4.90 Å². The zero-order chi connectivity index (χ0) is 21.0. The molecule has 8 nitrogen and oxygen atoms in total. The molecular formula is C21H23N5O3S. The number of aromatic amines is 1. The molecule has 0 saturated heterocycles. The molecule has 1 fully saturated rings. The maximum atomic E-state index is 12.9. The lowest BCUT2D eigenvalue weighted by molar-refractivity contribution is -0.114. The normalized spacial score (nSPS) is 14.4. The minimum Gasteiger partial charge on any atom is -0.309 e. The van der Waals surface area contributed by atoms with Crippen LogP contribution in [0.1, 0.15) is 25.0 Å². The van der Waals surface area contributed by atoms with Crippen molar-refractivity contribution in [2.45, 2.75) is 24.5 Å². The third-order valence-corrected chi connectivity index (χ3v) is 6.87. The maximum absolute atomic E-state index is 12.9. The van der Waals surface area contributed by atoms with Crippen LogP contribution in [0.25, 0.3) is 17.1 Å². The number of benzene rings is 1. The summed E-state index contributed by atoms with van der Waals surface area (Å²) >= 11 is 0. The van der Waals surface area contributed by atoms with Crippen molar-refractivity contribution in [1.82, 2.24) is 19.9 Å². The number of H-pyrrole nitrogens is 1. The highest BCUT2D eigenvalue weighted by atomic mass is 32.2. The third-order valence-electron chi connectivity index (χ3n) is 4.91. The number of hydrogen-bond donors (Lipinski definition) is 2. The number of carbonyl (C=O) groups is 1. The molecule has 30 heavy (non-hydrogen) atoms. The standard InChI is InChI=1S/C21H23N5O3S/c27-20(12-11-19-18-8-4-13-22-21(18)25-24-19)26(16-6-2-1-3-7-16)15-5-14-23-30(28,29)17-9-10-17/h1-4,6-8,11-13,17,23H,5,9-10,14-15H2,(H,22,24,25)/b12-11+. The first-order valence-corrected chi connectivity index (χ1v) is 11.4. The van der Waals surface area contributed by atoms with Crippen LogP contribution in [0, 0.1) is 0 Å². The van der Waals surface area contributed by atoms with Gasteiger partial charge in [-0.15, -0.1) is 0 Å². The van der Waals surface area contributed by atoms with Gasteiger partial charge in [0.05, 0.1) is 10.9 Å². The van der Waals surface area contributed by atoms with E-state index in [0.717, 1.165) is 23.9 Å². The lowest BCUT2D eigenvalue weighted by Gasteiger charge is -2.21. The van der Waals surface area contributed by atoms with Crippen LogP contribution in [0.4, 0.5) is 5.69 Å². The summed E-state index contributed by atoms with van der Waals surface area (Å²) in [6, 6.07) is 13.0. The number of carbonyl (C=O) groups excluding carboxylic acids is 1. The fourth-order valence-electron chi connectivity index (χ4n) is 3.16. The molecule has 156 valence electrons. The maximum Gasteiger partial charge on any atom is 0.251 e. The number of rotatable bonds is 9. The second-order valence-electron chi connectivity index (χ2n) is 7.16. The fraction of sp³-hybridized carbons (Fsp3) is 0.286. The van der Waals surface area contributed by atoms with Crippen molar-refractivity contribution in [2.24, 2.45) is 0 Å². The van der Waals surface area contributed by atoms with Gasteiger partial charge in [0.1, 0.15) is 0 Å². The Bertz CT molecular complexity index is 1150. The highest BCUT2D eigenvalue weighted by Gasteiger charge is 2.35. The summed E-state index contributed by atoms with van der Waals surface area (Å²) in [6.07, 6.45) is 6.80. The first kappa shape index (κ1) is 20.2. The molecule has 2 heterocycles. The van der Waals surface area contributed by atoms with Gasteiger partial charge >= 0.3 is 0 Å². The molecule has 0 bridgehead atoms. The second kappa shape index (κ2) is 8.76. The summed E-state index contributed by atoms with van der Waals surface area (Å²) in [4.78, 5) is 18.7. The molecule has 1 aromatic carbocycles. The van der Waals surface area contributed by atoms with E-state index in [1.54, 1.807) is 17.2 Å². The van der Waals surface area contributed by atoms with E-state index in [2.05, 4.69) is 19.9 Å². The minimum atomic E-state index is -3.21. The van der Waals surface area contributed by atoms with Crippen molar-refractivity contribution >= 4 is 38.7 Å². The summed E-state index contributed by atoms with van der Waals surface area (Å²) in [7, 11) is -3.21. The van der Waals surface area contributed by atoms with E-state index in [4.69, 9.17) is 0 Å². The van der Waals surface area contributed by atoms with Gasteiger partial charge in [0, 0.05) is 36.4 Å². The molecule has 1 aliphatic rings. The number of sulfonamides is 1. The van der Waals surface area contributed by atoms with Gasteiger partial charge in [-0.25, -0.2) is 18.1 Å². The molecule has 9 heteroatoms. The number of nitrogens with zero attached hydrogens (tertiary/aromatic N) is 3. The third kappa shape index (κ3) is 4.74. The highest BCUT2D eigenvalue weighted by Crippen LogP contribution is 2.27. The molecule has 3 aromatic rings. The number of anilines is 1. The fourth-order valence-corrected chi connectivity index (χ4v) is 4.58. The number of nitrogens with one attached hydrogen (secondary N) is 2. The topological polar surface area (TPSA) is 108 Å². The number of pyridine rings is 1. The molecular weight excluding hydrogens is 402 g/mol. The van der Waals surface area contributed by atoms with Crippen molar-refractivity contribution in [3.8, 4) is 0 Å². The average molecular weight is 426 g/mol. The van der Waals surface area contributed by atoms with Crippen molar-refractivity contribution in [3.63, 3.8) is 0 Å². The Morgan fingerprint density at radius 1 is 1.20 bits per heavy atom. The Hall–Kier alpha value is -3.04. The second-order valence-corrected chi connectivity index (χ2v) is 9.21. The van der Waals surface area contributed by atoms with Crippen molar-refractivity contribution in [3.05, 3.63) is 60.4 Å². The Morgan fingerprint density at radius 2 is 2.00 bits per heavy atom. The number of hydrogen-bond acceptors (Lipinski definition) is 5. The number of fused-ring (bicyclic) bond motifs is 1. The molecule has 1 aliphatic carbocycles. The highest BCUT2D eigenvalue weighted by molar-refractivity contribution is 7.90. The van der Waals surface area contributed by atoms with E-state index in [9.17, 15) is 13.2 Å². The van der Waals surface area contributed by atoms with Crippen molar-refractivity contribution < 1.29 is 13.2 Å². The molecule has 4 rings (SSSR count). The van der Waals surface area contributed by atoms with Crippen LogP contribution >= 0.6 is 0 Å². The molecule has 2 aromatic heterocycles. The van der Waals surface area contributed by atoms with Gasteiger partial charge in [-0.2, -0.15) is 5.10 Å². The van der Waals surface area contributed by atoms with Crippen LogP contribution in [-0.2, 0) is 14.8 Å². The number of para-hydroxylation sites is 1. The molecule has 1 amide bonds. The summed E-state index contributed by atoms with van der Waals surface area (Å²) in [5, 5.41) is 7.60. The lowest BCUT2D eigenvalue weighted by Crippen LogP contribution is -2.34. The van der Waals surface area contributed by atoms with E-state index in [-0.39, 0.29) is 11.2 Å². The molecule has 0 aliphatic heterocycles. The summed E-state index contributed by atoms with van der Waals surface area (Å²) in [5.41, 5.74) is 2.05. The van der Waals surface area contributed by atoms with Crippen LogP contribution in [0.5, 0.6) is 0 Å². The summed E-state index contributed by atoms with van der Waals surface area (Å²) in [6.45, 7) is 0.696. The zero-order valence-electron chi connectivity index (χ0n) is 16.4. The van der Waals surface area contributed by atoms with Crippen LogP contribution in [0.3, 0.4) is 0 Å². The molecule has 0 radical (unpaired) electrons. The SMILES string of the molecule is O=C(/C=C/c1[nH]nc2ncccc12)N(CCCNS(=O)(=O)C1CC1)c1ccccc1. The van der Waals surface area contributed by atoms with Crippen LogP contribution in [0.15, 0.2) is 54.7 Å². The van der Waals surface area contributed by atoms with Crippen molar-refractivity contribution in [2.75, 3.05) is 18.0 Å². The van der Waals surface area contributed by atoms with Crippen molar-refractivity contribution in [1.29, 1.82) is 0 Å². The zero-order valence-corrected chi connectivity index (χ0v) is 17.2. The molecule has 2 N–H and O–H groups in total. The number of aromatic nitrogens is 3. The lowest BCUT2D eigenvalue weighted by atomic mass is 10.2.